The molecule has 1 heterocycles. The Balaban J connectivity index is 1.41. The molecule has 0 unspecified atom stereocenters. The minimum atomic E-state index is -4.28. The van der Waals surface area contributed by atoms with Crippen molar-refractivity contribution >= 4 is 50.6 Å². The number of hydrogen-bond donors (Lipinski definition) is 5. The number of nitrogens with zero attached hydrogens (tertiary/aromatic N) is 2. The Hall–Kier alpha value is -4.24. The highest BCUT2D eigenvalue weighted by Crippen LogP contribution is 2.28. The van der Waals surface area contributed by atoms with Gasteiger partial charge in [-0.15, -0.1) is 0 Å². The van der Waals surface area contributed by atoms with Crippen LogP contribution in [0.5, 0.6) is 0 Å². The number of sulfonamides is 1. The molecule has 0 aromatic heterocycles. The molecule has 0 spiro atoms. The molecule has 0 radical (unpaired) electrons. The van der Waals surface area contributed by atoms with Crippen molar-refractivity contribution in [2.75, 3.05) is 32.8 Å². The van der Waals surface area contributed by atoms with E-state index in [2.05, 4.69) is 15.4 Å². The van der Waals surface area contributed by atoms with E-state index in [4.69, 9.17) is 10.1 Å². The quantitative estimate of drug-likeness (QED) is 0.158. The van der Waals surface area contributed by atoms with Gasteiger partial charge >= 0.3 is 12.1 Å². The van der Waals surface area contributed by atoms with Gasteiger partial charge in [-0.1, -0.05) is 44.2 Å². The summed E-state index contributed by atoms with van der Waals surface area (Å²) >= 11 is 0. The molecule has 2 aromatic carbocycles. The van der Waals surface area contributed by atoms with Crippen LogP contribution in [-0.4, -0.2) is 98.0 Å². The third-order valence-electron chi connectivity index (χ3n) is 7.78. The van der Waals surface area contributed by atoms with Crippen LogP contribution in [0.15, 0.2) is 47.4 Å². The van der Waals surface area contributed by atoms with Gasteiger partial charge < -0.3 is 25.0 Å². The minimum Gasteiger partial charge on any atom is -0.480 e. The van der Waals surface area contributed by atoms with Crippen LogP contribution < -0.4 is 15.4 Å². The summed E-state index contributed by atoms with van der Waals surface area (Å²) < 4.78 is 34.4. The molecule has 15 heteroatoms. The topological polar surface area (TPSA) is 198 Å². The SMILES string of the molecule is CC(C)COC(=O)NC(=N)N1CCC[C@@H](CNC(=O)C[C@H](NS(=O)(=O)c2ccc3ccccc3c2)C(=O)N(CC(=O)O)C2CC2)C1. The number of nitrogens with one attached hydrogen (secondary N) is 4. The molecule has 1 aliphatic heterocycles. The maximum absolute atomic E-state index is 13.6. The Bertz CT molecular complexity index is 1560. The summed E-state index contributed by atoms with van der Waals surface area (Å²) in [4.78, 5) is 53.0. The second-order valence-corrected chi connectivity index (χ2v) is 13.9. The van der Waals surface area contributed by atoms with E-state index in [9.17, 15) is 32.7 Å². The smallest absolute Gasteiger partial charge is 0.413 e. The summed E-state index contributed by atoms with van der Waals surface area (Å²) in [6.07, 6.45) is 1.39. The van der Waals surface area contributed by atoms with E-state index in [0.717, 1.165) is 16.7 Å². The van der Waals surface area contributed by atoms with E-state index in [0.29, 0.717) is 37.7 Å². The normalized spacial score (nSPS) is 17.3. The molecule has 1 saturated heterocycles. The van der Waals surface area contributed by atoms with Gasteiger partial charge in [-0.05, 0) is 60.4 Å². The first-order valence-electron chi connectivity index (χ1n) is 15.4. The van der Waals surface area contributed by atoms with Crippen LogP contribution in [0.4, 0.5) is 4.79 Å². The fraction of sp³-hybridized carbons (Fsp3) is 0.516. The summed E-state index contributed by atoms with van der Waals surface area (Å²) in [7, 11) is -4.28. The number of aliphatic carboxylic acids is 1. The van der Waals surface area contributed by atoms with E-state index in [1.807, 2.05) is 26.0 Å². The molecule has 1 saturated carbocycles. The standard InChI is InChI=1S/C31H42N6O8S/c1-20(2)19-45-31(42)34-30(32)36-13-5-6-21(17-36)16-33-27(38)15-26(29(41)37(18-28(39)40)24-10-11-24)35-46(43,44)25-12-9-22-7-3-4-8-23(22)14-25/h3-4,7-9,12,14,20-21,24,26,35H,5-6,10-11,13,15-19H2,1-2H3,(H,33,38)(H,39,40)(H2,32,34,42)/t21-,26-/m0/s1. The Morgan fingerprint density at radius 3 is 2.48 bits per heavy atom. The van der Waals surface area contributed by atoms with Gasteiger partial charge in [-0.3, -0.25) is 25.1 Å². The van der Waals surface area contributed by atoms with Crippen molar-refractivity contribution in [2.45, 2.75) is 62.9 Å². The zero-order valence-electron chi connectivity index (χ0n) is 26.0. The second kappa shape index (κ2) is 15.4. The average Bonchev–Trinajstić information content (AvgIpc) is 3.86. The monoisotopic (exact) mass is 658 g/mol. The molecule has 14 nitrogen and oxygen atoms in total. The van der Waals surface area contributed by atoms with Crippen molar-refractivity contribution in [3.05, 3.63) is 42.5 Å². The zero-order valence-corrected chi connectivity index (χ0v) is 26.8. The minimum absolute atomic E-state index is 0.0787. The van der Waals surface area contributed by atoms with E-state index < -0.39 is 52.9 Å². The maximum Gasteiger partial charge on any atom is 0.413 e. The number of ether oxygens (including phenoxy) is 1. The number of carbonyl (C=O) groups excluding carboxylic acids is 3. The fourth-order valence-electron chi connectivity index (χ4n) is 5.29. The molecule has 3 amide bonds. The molecule has 2 fully saturated rings. The molecule has 2 aromatic rings. The number of benzene rings is 2. The Morgan fingerprint density at radius 1 is 1.09 bits per heavy atom. The van der Waals surface area contributed by atoms with Crippen LogP contribution in [0, 0.1) is 17.2 Å². The highest BCUT2D eigenvalue weighted by Gasteiger charge is 2.39. The van der Waals surface area contributed by atoms with Crippen molar-refractivity contribution in [2.24, 2.45) is 11.8 Å². The first kappa shape index (κ1) is 34.6. The van der Waals surface area contributed by atoms with Gasteiger partial charge in [0, 0.05) is 25.7 Å². The predicted molar refractivity (Wildman–Crippen MR) is 169 cm³/mol. The Kier molecular flexibility index (Phi) is 11.6. The summed E-state index contributed by atoms with van der Waals surface area (Å²) in [6, 6.07) is 9.85. The van der Waals surface area contributed by atoms with Crippen LogP contribution in [-0.2, 0) is 29.1 Å². The second-order valence-electron chi connectivity index (χ2n) is 12.2. The van der Waals surface area contributed by atoms with E-state index in [-0.39, 0.29) is 41.9 Å². The van der Waals surface area contributed by atoms with Gasteiger partial charge in [0.15, 0.2) is 0 Å². The molecular weight excluding hydrogens is 616 g/mol. The maximum atomic E-state index is 13.6. The molecular formula is C31H42N6O8S. The summed E-state index contributed by atoms with van der Waals surface area (Å²) in [5.41, 5.74) is 0. The molecule has 2 aliphatic rings. The number of carboxylic acid groups (broad SMARTS) is 1. The molecule has 1 aliphatic carbocycles. The van der Waals surface area contributed by atoms with Crippen LogP contribution in [0.25, 0.3) is 10.8 Å². The number of piperidine rings is 1. The van der Waals surface area contributed by atoms with Crippen molar-refractivity contribution < 1.29 is 37.4 Å². The highest BCUT2D eigenvalue weighted by molar-refractivity contribution is 7.89. The van der Waals surface area contributed by atoms with Crippen molar-refractivity contribution in [1.29, 1.82) is 5.41 Å². The third-order valence-corrected chi connectivity index (χ3v) is 9.25. The number of rotatable bonds is 13. The lowest BCUT2D eigenvalue weighted by Crippen LogP contribution is -2.53. The lowest BCUT2D eigenvalue weighted by atomic mass is 9.98. The first-order valence-corrected chi connectivity index (χ1v) is 16.9. The lowest BCUT2D eigenvalue weighted by molar-refractivity contribution is -0.146. The van der Waals surface area contributed by atoms with Gasteiger partial charge in [0.05, 0.1) is 17.9 Å². The van der Waals surface area contributed by atoms with Crippen LogP contribution in [0.3, 0.4) is 0 Å². The lowest BCUT2D eigenvalue weighted by Gasteiger charge is -2.34. The number of carbonyl (C=O) groups is 4. The van der Waals surface area contributed by atoms with E-state index >= 15 is 0 Å². The van der Waals surface area contributed by atoms with Crippen molar-refractivity contribution in [3.8, 4) is 0 Å². The third kappa shape index (κ3) is 9.88. The number of amides is 3. The van der Waals surface area contributed by atoms with Crippen molar-refractivity contribution in [3.63, 3.8) is 0 Å². The molecule has 4 rings (SSSR count). The number of alkyl carbamates (subject to hydrolysis) is 1. The summed E-state index contributed by atoms with van der Waals surface area (Å²) in [5, 5.41) is 24.4. The van der Waals surface area contributed by atoms with Crippen LogP contribution >= 0.6 is 0 Å². The number of hydrogen-bond acceptors (Lipinski definition) is 8. The van der Waals surface area contributed by atoms with Crippen LogP contribution in [0.1, 0.15) is 46.0 Å². The van der Waals surface area contributed by atoms with Gasteiger partial charge in [0.25, 0.3) is 0 Å². The Morgan fingerprint density at radius 2 is 1.80 bits per heavy atom. The molecule has 0 bridgehead atoms. The largest absolute Gasteiger partial charge is 0.480 e. The summed E-state index contributed by atoms with van der Waals surface area (Å²) in [5.74, 6) is -2.64. The fourth-order valence-corrected chi connectivity index (χ4v) is 6.52. The number of fused-ring (bicyclic) bond motifs is 1. The zero-order chi connectivity index (χ0) is 33.4. The van der Waals surface area contributed by atoms with Gasteiger partial charge in [-0.25, -0.2) is 13.2 Å². The molecule has 5 N–H and O–H groups in total. The van der Waals surface area contributed by atoms with Gasteiger partial charge in [0.2, 0.25) is 27.8 Å². The Labute approximate surface area is 268 Å². The number of carboxylic acids is 1. The van der Waals surface area contributed by atoms with Crippen LogP contribution in [0.2, 0.25) is 0 Å². The van der Waals surface area contributed by atoms with Gasteiger partial charge in [0.1, 0.15) is 12.6 Å². The number of guanidine groups is 1. The summed E-state index contributed by atoms with van der Waals surface area (Å²) in [6.45, 7) is 4.54. The van der Waals surface area contributed by atoms with Gasteiger partial charge in [-0.2, -0.15) is 4.72 Å². The molecule has 250 valence electrons. The van der Waals surface area contributed by atoms with E-state index in [1.165, 1.54) is 12.1 Å². The first-order chi connectivity index (χ1) is 21.8. The molecule has 2 atom stereocenters. The average molecular weight is 659 g/mol. The van der Waals surface area contributed by atoms with E-state index in [1.54, 1.807) is 23.1 Å². The molecule has 46 heavy (non-hydrogen) atoms. The number of likely N-dealkylation sites (tertiary alicyclic amines) is 1. The van der Waals surface area contributed by atoms with Crippen molar-refractivity contribution in [1.82, 2.24) is 25.2 Å². The predicted octanol–water partition coefficient (Wildman–Crippen LogP) is 2.10. The highest BCUT2D eigenvalue weighted by atomic mass is 32.2.